The molecule has 28 heavy (non-hydrogen) atoms. The van der Waals surface area contributed by atoms with Gasteiger partial charge in [0.1, 0.15) is 11.5 Å². The van der Waals surface area contributed by atoms with Gasteiger partial charge in [0.25, 0.3) is 5.56 Å². The predicted molar refractivity (Wildman–Crippen MR) is 107 cm³/mol. The first-order valence-corrected chi connectivity index (χ1v) is 9.06. The van der Waals surface area contributed by atoms with E-state index in [2.05, 4.69) is 5.32 Å². The molecular formula is C21H23FN4O2. The molecule has 0 bridgehead atoms. The van der Waals surface area contributed by atoms with Gasteiger partial charge in [-0.05, 0) is 43.7 Å². The molecule has 6 nitrogen and oxygen atoms in total. The highest BCUT2D eigenvalue weighted by Crippen LogP contribution is 2.15. The van der Waals surface area contributed by atoms with E-state index in [1.807, 2.05) is 37.3 Å². The first kappa shape index (κ1) is 19.4. The van der Waals surface area contributed by atoms with E-state index >= 15 is 0 Å². The smallest absolute Gasteiger partial charge is 0.320 e. The Kier molecular flexibility index (Phi) is 5.63. The molecule has 1 N–H and O–H groups in total. The lowest BCUT2D eigenvalue weighted by atomic mass is 10.2. The number of carbonyl (C=O) groups excluding carboxylic acids is 1. The lowest BCUT2D eigenvalue weighted by Crippen LogP contribution is -2.35. The molecule has 0 aliphatic carbocycles. The third-order valence-corrected chi connectivity index (χ3v) is 4.72. The van der Waals surface area contributed by atoms with Crippen LogP contribution in [0.2, 0.25) is 0 Å². The fourth-order valence-electron chi connectivity index (χ4n) is 3.08. The van der Waals surface area contributed by atoms with Gasteiger partial charge in [0.2, 0.25) is 0 Å². The summed E-state index contributed by atoms with van der Waals surface area (Å²) in [5, 5.41) is 2.73. The van der Waals surface area contributed by atoms with Crippen LogP contribution < -0.4 is 10.9 Å². The van der Waals surface area contributed by atoms with Gasteiger partial charge in [-0.15, -0.1) is 0 Å². The number of anilines is 1. The zero-order valence-electron chi connectivity index (χ0n) is 16.1. The number of nitrogens with zero attached hydrogens (tertiary/aromatic N) is 3. The third kappa shape index (κ3) is 3.83. The van der Waals surface area contributed by atoms with Crippen LogP contribution in [0.3, 0.4) is 0 Å². The van der Waals surface area contributed by atoms with Crippen LogP contribution in [0.1, 0.15) is 18.2 Å². The van der Waals surface area contributed by atoms with E-state index in [0.717, 1.165) is 0 Å². The molecule has 0 saturated carbocycles. The van der Waals surface area contributed by atoms with Crippen molar-refractivity contribution in [2.24, 2.45) is 7.05 Å². The highest BCUT2D eigenvalue weighted by molar-refractivity contribution is 5.89. The summed E-state index contributed by atoms with van der Waals surface area (Å²) in [4.78, 5) is 27.2. The maximum absolute atomic E-state index is 13.4. The van der Waals surface area contributed by atoms with Crippen LogP contribution in [0.4, 0.5) is 14.9 Å². The second kappa shape index (κ2) is 8.12. The SMILES string of the molecule is CCN(Cc1cccc(F)c1)C(=O)Nc1c(C)n(C)n(-c2ccccc2)c1=O. The average Bonchev–Trinajstić information content (AvgIpc) is 2.90. The quantitative estimate of drug-likeness (QED) is 0.732. The molecule has 0 fully saturated rings. The first-order valence-electron chi connectivity index (χ1n) is 9.06. The van der Waals surface area contributed by atoms with Gasteiger partial charge < -0.3 is 10.2 Å². The van der Waals surface area contributed by atoms with E-state index in [0.29, 0.717) is 23.5 Å². The fraction of sp³-hybridized carbons (Fsp3) is 0.238. The van der Waals surface area contributed by atoms with Gasteiger partial charge in [0, 0.05) is 20.1 Å². The van der Waals surface area contributed by atoms with E-state index in [-0.39, 0.29) is 23.6 Å². The molecule has 0 radical (unpaired) electrons. The molecule has 2 amide bonds. The Morgan fingerprint density at radius 2 is 1.86 bits per heavy atom. The Balaban J connectivity index is 1.86. The minimum Gasteiger partial charge on any atom is -0.320 e. The monoisotopic (exact) mass is 382 g/mol. The van der Waals surface area contributed by atoms with E-state index in [1.165, 1.54) is 21.7 Å². The van der Waals surface area contributed by atoms with Gasteiger partial charge >= 0.3 is 6.03 Å². The largest absolute Gasteiger partial charge is 0.322 e. The lowest BCUT2D eigenvalue weighted by molar-refractivity contribution is 0.212. The van der Waals surface area contributed by atoms with Gasteiger partial charge in [-0.1, -0.05) is 30.3 Å². The van der Waals surface area contributed by atoms with Gasteiger partial charge in [-0.25, -0.2) is 13.9 Å². The van der Waals surface area contributed by atoms with Crippen molar-refractivity contribution in [1.82, 2.24) is 14.3 Å². The minimum absolute atomic E-state index is 0.231. The van der Waals surface area contributed by atoms with E-state index in [4.69, 9.17) is 0 Å². The van der Waals surface area contributed by atoms with Crippen molar-refractivity contribution in [1.29, 1.82) is 0 Å². The van der Waals surface area contributed by atoms with Gasteiger partial charge in [-0.3, -0.25) is 9.48 Å². The maximum atomic E-state index is 13.4. The molecule has 1 aromatic heterocycles. The van der Waals surface area contributed by atoms with Gasteiger partial charge in [-0.2, -0.15) is 0 Å². The van der Waals surface area contributed by atoms with Crippen molar-refractivity contribution >= 4 is 11.7 Å². The molecule has 2 aromatic carbocycles. The van der Waals surface area contributed by atoms with Crippen LogP contribution in [-0.2, 0) is 13.6 Å². The number of amides is 2. The number of nitrogens with one attached hydrogen (secondary N) is 1. The summed E-state index contributed by atoms with van der Waals surface area (Å²) in [7, 11) is 1.77. The number of urea groups is 1. The zero-order valence-corrected chi connectivity index (χ0v) is 16.1. The molecule has 0 unspecified atom stereocenters. The number of para-hydroxylation sites is 1. The summed E-state index contributed by atoms with van der Waals surface area (Å²) in [5.74, 6) is -0.349. The average molecular weight is 382 g/mol. The Morgan fingerprint density at radius 1 is 1.14 bits per heavy atom. The van der Waals surface area contributed by atoms with Crippen LogP contribution in [0.5, 0.6) is 0 Å². The summed E-state index contributed by atoms with van der Waals surface area (Å²) >= 11 is 0. The number of halogens is 1. The molecule has 3 aromatic rings. The molecule has 0 aliphatic heterocycles. The maximum Gasteiger partial charge on any atom is 0.322 e. The molecule has 0 aliphatic rings. The van der Waals surface area contributed by atoms with Crippen LogP contribution >= 0.6 is 0 Å². The van der Waals surface area contributed by atoms with Crippen molar-refractivity contribution in [2.45, 2.75) is 20.4 Å². The Bertz CT molecular complexity index is 1040. The van der Waals surface area contributed by atoms with Crippen molar-refractivity contribution in [3.8, 4) is 5.69 Å². The Labute approximate surface area is 162 Å². The number of benzene rings is 2. The minimum atomic E-state index is -0.405. The summed E-state index contributed by atoms with van der Waals surface area (Å²) in [6.07, 6.45) is 0. The molecule has 7 heteroatoms. The Hall–Kier alpha value is -3.35. The predicted octanol–water partition coefficient (Wildman–Crippen LogP) is 3.68. The van der Waals surface area contributed by atoms with E-state index < -0.39 is 6.03 Å². The highest BCUT2D eigenvalue weighted by Gasteiger charge is 2.20. The van der Waals surface area contributed by atoms with Crippen molar-refractivity contribution in [2.75, 3.05) is 11.9 Å². The summed E-state index contributed by atoms with van der Waals surface area (Å²) in [6, 6.07) is 14.9. The molecule has 3 rings (SSSR count). The second-order valence-corrected chi connectivity index (χ2v) is 6.51. The zero-order chi connectivity index (χ0) is 20.3. The summed E-state index contributed by atoms with van der Waals surface area (Å²) in [6.45, 7) is 4.28. The standard InChI is InChI=1S/C21H23FN4O2/c1-4-25(14-16-9-8-10-17(22)13-16)21(28)23-19-15(2)24(3)26(20(19)27)18-11-6-5-7-12-18/h5-13H,4,14H2,1-3H3,(H,23,28). The number of aromatic nitrogens is 2. The molecule has 0 saturated heterocycles. The van der Waals surface area contributed by atoms with Crippen LogP contribution in [-0.4, -0.2) is 26.8 Å². The summed E-state index contributed by atoms with van der Waals surface area (Å²) < 4.78 is 16.6. The van der Waals surface area contributed by atoms with Crippen LogP contribution in [0, 0.1) is 12.7 Å². The summed E-state index contributed by atoms with van der Waals surface area (Å²) in [5.41, 5.74) is 1.97. The molecule has 1 heterocycles. The number of rotatable bonds is 5. The molecule has 0 spiro atoms. The van der Waals surface area contributed by atoms with Crippen LogP contribution in [0.25, 0.3) is 5.69 Å². The van der Waals surface area contributed by atoms with E-state index in [1.54, 1.807) is 30.8 Å². The van der Waals surface area contributed by atoms with Gasteiger partial charge in [0.15, 0.2) is 0 Å². The number of hydrogen-bond acceptors (Lipinski definition) is 2. The normalized spacial score (nSPS) is 10.7. The fourth-order valence-corrected chi connectivity index (χ4v) is 3.08. The van der Waals surface area contributed by atoms with Crippen molar-refractivity contribution in [3.63, 3.8) is 0 Å². The van der Waals surface area contributed by atoms with Gasteiger partial charge in [0.05, 0.1) is 11.4 Å². The number of hydrogen-bond donors (Lipinski definition) is 1. The molecular weight excluding hydrogens is 359 g/mol. The van der Waals surface area contributed by atoms with E-state index in [9.17, 15) is 14.0 Å². The van der Waals surface area contributed by atoms with Crippen molar-refractivity contribution in [3.05, 3.63) is 82.0 Å². The molecule has 146 valence electrons. The highest BCUT2D eigenvalue weighted by atomic mass is 19.1. The van der Waals surface area contributed by atoms with Crippen molar-refractivity contribution < 1.29 is 9.18 Å². The topological polar surface area (TPSA) is 59.3 Å². The van der Waals surface area contributed by atoms with Crippen LogP contribution in [0.15, 0.2) is 59.4 Å². The second-order valence-electron chi connectivity index (χ2n) is 6.51. The lowest BCUT2D eigenvalue weighted by Gasteiger charge is -2.21. The number of carbonyl (C=O) groups is 1. The third-order valence-electron chi connectivity index (χ3n) is 4.72. The molecule has 0 atom stereocenters. The first-order chi connectivity index (χ1) is 13.4. The Morgan fingerprint density at radius 3 is 2.50 bits per heavy atom.